The van der Waals surface area contributed by atoms with E-state index in [-0.39, 0.29) is 30.1 Å². The van der Waals surface area contributed by atoms with E-state index in [4.69, 9.17) is 23.7 Å². The van der Waals surface area contributed by atoms with Crippen LogP contribution in [0.4, 0.5) is 0 Å². The average molecular weight is 539 g/mol. The fraction of sp³-hybridized carbons (Fsp3) is 0.625. The minimum absolute atomic E-state index is 0.230. The Morgan fingerprint density at radius 1 is 0.795 bits per heavy atom. The van der Waals surface area contributed by atoms with Crippen LogP contribution in [-0.4, -0.2) is 48.8 Å². The van der Waals surface area contributed by atoms with Crippen molar-refractivity contribution in [2.24, 2.45) is 11.8 Å². The Morgan fingerprint density at radius 2 is 1.38 bits per heavy atom. The monoisotopic (exact) mass is 538 g/mol. The molecule has 2 aromatic rings. The highest BCUT2D eigenvalue weighted by molar-refractivity contribution is 5.46. The molecule has 4 aliphatic rings. The van der Waals surface area contributed by atoms with Gasteiger partial charge in [-0.2, -0.15) is 0 Å². The molecule has 39 heavy (non-hydrogen) atoms. The Morgan fingerprint density at radius 3 is 2.00 bits per heavy atom. The van der Waals surface area contributed by atoms with Crippen molar-refractivity contribution >= 4 is 0 Å². The summed E-state index contributed by atoms with van der Waals surface area (Å²) in [7, 11) is 1.69. The van der Waals surface area contributed by atoms with Crippen LogP contribution in [0, 0.1) is 11.8 Å². The molecule has 5 unspecified atom stereocenters. The summed E-state index contributed by atoms with van der Waals surface area (Å²) in [6.07, 6.45) is 9.10. The van der Waals surface area contributed by atoms with Crippen molar-refractivity contribution < 1.29 is 33.9 Å². The summed E-state index contributed by atoms with van der Waals surface area (Å²) in [5.41, 5.74) is 1.43. The third-order valence-electron chi connectivity index (χ3n) is 9.05. The van der Waals surface area contributed by atoms with E-state index in [1.807, 2.05) is 36.4 Å². The lowest BCUT2D eigenvalue weighted by atomic mass is 9.73. The van der Waals surface area contributed by atoms with Gasteiger partial charge < -0.3 is 33.9 Å². The third-order valence-corrected chi connectivity index (χ3v) is 9.05. The van der Waals surface area contributed by atoms with Crippen molar-refractivity contribution in [1.29, 1.82) is 0 Å². The quantitative estimate of drug-likeness (QED) is 0.384. The molecule has 2 aliphatic heterocycles. The first-order chi connectivity index (χ1) is 19.1. The van der Waals surface area contributed by atoms with Gasteiger partial charge in [-0.25, -0.2) is 0 Å². The normalized spacial score (nSPS) is 28.8. The van der Waals surface area contributed by atoms with E-state index in [0.717, 1.165) is 49.2 Å². The van der Waals surface area contributed by atoms with Gasteiger partial charge in [-0.05, 0) is 101 Å². The first kappa shape index (κ1) is 26.7. The van der Waals surface area contributed by atoms with Gasteiger partial charge in [0.1, 0.15) is 29.1 Å². The predicted octanol–water partition coefficient (Wildman–Crippen LogP) is 5.91. The highest BCUT2D eigenvalue weighted by atomic mass is 16.5. The van der Waals surface area contributed by atoms with Crippen molar-refractivity contribution in [3.63, 3.8) is 0 Å². The van der Waals surface area contributed by atoms with Crippen molar-refractivity contribution in [1.82, 2.24) is 0 Å². The minimum Gasteiger partial charge on any atom is -0.493 e. The number of ether oxygens (including phenoxy) is 5. The summed E-state index contributed by atoms with van der Waals surface area (Å²) < 4.78 is 30.5. The Labute approximate surface area is 231 Å². The van der Waals surface area contributed by atoms with E-state index in [0.29, 0.717) is 36.7 Å². The van der Waals surface area contributed by atoms with Gasteiger partial charge in [0.2, 0.25) is 0 Å². The highest BCUT2D eigenvalue weighted by Gasteiger charge is 2.47. The number of rotatable bonds is 9. The molecule has 5 atom stereocenters. The summed E-state index contributed by atoms with van der Waals surface area (Å²) in [5, 5.41) is 23.5. The van der Waals surface area contributed by atoms with E-state index >= 15 is 0 Å². The largest absolute Gasteiger partial charge is 0.493 e. The van der Waals surface area contributed by atoms with Gasteiger partial charge in [0, 0.05) is 36.7 Å². The second-order valence-corrected chi connectivity index (χ2v) is 11.7. The van der Waals surface area contributed by atoms with Crippen molar-refractivity contribution in [3.8, 4) is 23.0 Å². The van der Waals surface area contributed by atoms with Gasteiger partial charge in [0.25, 0.3) is 0 Å². The number of methoxy groups -OCH3 is 1. The Bertz CT molecular complexity index is 1110. The average Bonchev–Trinajstić information content (AvgIpc) is 3.65. The molecule has 6 rings (SSSR count). The molecule has 0 bridgehead atoms. The standard InChI is InChI=1S/C32H42O7/c1-35-16-6-11-29-30(32(34)25-18-23(13-15-28(25)39-29)38-21-9-4-5-10-21)26-19-36-27-14-12-22(17-24(27)31(26)33)37-20-7-2-3-8-20/h12-15,17-18,20-21,26,29-34H,2-11,16,19H2,1H3. The smallest absolute Gasteiger partial charge is 0.125 e. The molecule has 2 aromatic carbocycles. The first-order valence-corrected chi connectivity index (χ1v) is 14.9. The van der Waals surface area contributed by atoms with Gasteiger partial charge in [-0.3, -0.25) is 0 Å². The topological polar surface area (TPSA) is 86.6 Å². The second kappa shape index (κ2) is 11.9. The molecular weight excluding hydrogens is 496 g/mol. The van der Waals surface area contributed by atoms with Crippen molar-refractivity contribution in [2.45, 2.75) is 94.7 Å². The molecule has 212 valence electrons. The molecule has 0 amide bonds. The van der Waals surface area contributed by atoms with Crippen LogP contribution in [0.3, 0.4) is 0 Å². The van der Waals surface area contributed by atoms with Crippen LogP contribution in [0.5, 0.6) is 23.0 Å². The molecular formula is C32H42O7. The third kappa shape index (κ3) is 5.72. The van der Waals surface area contributed by atoms with E-state index < -0.39 is 12.2 Å². The van der Waals surface area contributed by atoms with Crippen LogP contribution in [0.25, 0.3) is 0 Å². The maximum absolute atomic E-state index is 11.8. The summed E-state index contributed by atoms with van der Waals surface area (Å²) in [5.74, 6) is 2.17. The second-order valence-electron chi connectivity index (χ2n) is 11.7. The maximum Gasteiger partial charge on any atom is 0.125 e. The van der Waals surface area contributed by atoms with Crippen LogP contribution in [-0.2, 0) is 4.74 Å². The van der Waals surface area contributed by atoms with E-state index in [1.54, 1.807) is 7.11 Å². The number of fused-ring (bicyclic) bond motifs is 2. The van der Waals surface area contributed by atoms with Crippen LogP contribution in [0.1, 0.15) is 87.5 Å². The molecule has 2 saturated carbocycles. The number of aliphatic hydroxyl groups is 2. The molecule has 0 saturated heterocycles. The van der Waals surface area contributed by atoms with Crippen molar-refractivity contribution in [2.75, 3.05) is 20.3 Å². The first-order valence-electron chi connectivity index (χ1n) is 14.9. The molecule has 2 aliphatic carbocycles. The Balaban J connectivity index is 1.26. The molecule has 0 radical (unpaired) electrons. The van der Waals surface area contributed by atoms with Crippen LogP contribution < -0.4 is 18.9 Å². The zero-order valence-corrected chi connectivity index (χ0v) is 22.9. The van der Waals surface area contributed by atoms with Crippen LogP contribution >= 0.6 is 0 Å². The minimum atomic E-state index is -0.823. The lowest BCUT2D eigenvalue weighted by Crippen LogP contribution is -2.46. The number of hydrogen-bond acceptors (Lipinski definition) is 7. The van der Waals surface area contributed by atoms with Gasteiger partial charge in [-0.15, -0.1) is 0 Å². The van der Waals surface area contributed by atoms with Crippen LogP contribution in [0.15, 0.2) is 36.4 Å². The molecule has 0 aromatic heterocycles. The predicted molar refractivity (Wildman–Crippen MR) is 147 cm³/mol. The van der Waals surface area contributed by atoms with Gasteiger partial charge in [0.05, 0.1) is 31.0 Å². The lowest BCUT2D eigenvalue weighted by Gasteiger charge is -2.44. The fourth-order valence-electron chi connectivity index (χ4n) is 6.97. The van der Waals surface area contributed by atoms with Crippen LogP contribution in [0.2, 0.25) is 0 Å². The van der Waals surface area contributed by atoms with Gasteiger partial charge in [0.15, 0.2) is 0 Å². The van der Waals surface area contributed by atoms with Gasteiger partial charge in [-0.1, -0.05) is 0 Å². The highest BCUT2D eigenvalue weighted by Crippen LogP contribution is 2.50. The molecule has 2 N–H and O–H groups in total. The van der Waals surface area contributed by atoms with Crippen molar-refractivity contribution in [3.05, 3.63) is 47.5 Å². The number of benzene rings is 2. The molecule has 7 nitrogen and oxygen atoms in total. The lowest BCUT2D eigenvalue weighted by molar-refractivity contribution is -0.0888. The Hall–Kier alpha value is -2.48. The maximum atomic E-state index is 11.8. The number of aliphatic hydroxyl groups excluding tert-OH is 2. The summed E-state index contributed by atoms with van der Waals surface area (Å²) in [6.45, 7) is 0.911. The van der Waals surface area contributed by atoms with E-state index in [9.17, 15) is 10.2 Å². The van der Waals surface area contributed by atoms with E-state index in [2.05, 4.69) is 0 Å². The summed E-state index contributed by atoms with van der Waals surface area (Å²) in [6, 6.07) is 11.5. The molecule has 2 heterocycles. The Kier molecular flexibility index (Phi) is 8.19. The number of hydrogen-bond donors (Lipinski definition) is 2. The van der Waals surface area contributed by atoms with E-state index in [1.165, 1.54) is 25.7 Å². The zero-order chi connectivity index (χ0) is 26.8. The molecule has 0 spiro atoms. The SMILES string of the molecule is COCCCC1Oc2ccc(OC3CCCC3)cc2C(O)C1C1COc2ccc(OC3CCCC3)cc2C1O. The van der Waals surface area contributed by atoms with Gasteiger partial charge >= 0.3 is 0 Å². The summed E-state index contributed by atoms with van der Waals surface area (Å²) >= 11 is 0. The fourth-order valence-corrected chi connectivity index (χ4v) is 6.97. The molecule has 2 fully saturated rings. The molecule has 7 heteroatoms. The summed E-state index contributed by atoms with van der Waals surface area (Å²) in [4.78, 5) is 0. The zero-order valence-electron chi connectivity index (χ0n) is 22.9.